The average Bonchev–Trinajstić information content (AvgIpc) is 2.91. The predicted molar refractivity (Wildman–Crippen MR) is 69.8 cm³/mol. The third kappa shape index (κ3) is 2.46. The Hall–Kier alpha value is -1.62. The van der Waals surface area contributed by atoms with Crippen LogP contribution in [0.4, 0.5) is 0 Å². The molecule has 0 aliphatic rings. The summed E-state index contributed by atoms with van der Waals surface area (Å²) in [5.74, 6) is 0. The molecule has 5 nitrogen and oxygen atoms in total. The van der Waals surface area contributed by atoms with Crippen LogP contribution >= 0.6 is 0 Å². The molecule has 0 atom stereocenters. The van der Waals surface area contributed by atoms with E-state index in [0.717, 1.165) is 36.6 Å². The standard InChI is InChI=1S/C13H20N4O/c1-5-6-14-7-12-8-18-13(15-12)17-11(4)9(2)10(3)16-17/h8,14H,5-7H2,1-4H3. The summed E-state index contributed by atoms with van der Waals surface area (Å²) in [5, 5.41) is 7.72. The monoisotopic (exact) mass is 248 g/mol. The number of rotatable bonds is 5. The average molecular weight is 248 g/mol. The fourth-order valence-corrected chi connectivity index (χ4v) is 1.77. The second-order valence-electron chi connectivity index (χ2n) is 4.51. The van der Waals surface area contributed by atoms with Gasteiger partial charge in [0.15, 0.2) is 0 Å². The minimum atomic E-state index is 0.539. The molecule has 0 fully saturated rings. The fourth-order valence-electron chi connectivity index (χ4n) is 1.77. The van der Waals surface area contributed by atoms with E-state index in [-0.39, 0.29) is 0 Å². The summed E-state index contributed by atoms with van der Waals surface area (Å²) < 4.78 is 7.24. The molecule has 0 saturated carbocycles. The number of nitrogens with one attached hydrogen (secondary N) is 1. The van der Waals surface area contributed by atoms with Gasteiger partial charge in [-0.2, -0.15) is 14.8 Å². The molecular weight excluding hydrogens is 228 g/mol. The van der Waals surface area contributed by atoms with Crippen molar-refractivity contribution in [2.24, 2.45) is 0 Å². The molecule has 0 unspecified atom stereocenters. The molecule has 0 aliphatic heterocycles. The molecule has 2 rings (SSSR count). The van der Waals surface area contributed by atoms with E-state index in [1.807, 2.05) is 13.8 Å². The number of oxazole rings is 1. The van der Waals surface area contributed by atoms with Crippen molar-refractivity contribution in [3.63, 3.8) is 0 Å². The van der Waals surface area contributed by atoms with E-state index < -0.39 is 0 Å². The normalized spacial score (nSPS) is 11.1. The van der Waals surface area contributed by atoms with Gasteiger partial charge in [-0.25, -0.2) is 0 Å². The van der Waals surface area contributed by atoms with Gasteiger partial charge in [0.2, 0.25) is 0 Å². The summed E-state index contributed by atoms with van der Waals surface area (Å²) in [5.41, 5.74) is 4.17. The first-order valence-corrected chi connectivity index (χ1v) is 6.31. The molecule has 0 aromatic carbocycles. The highest BCUT2D eigenvalue weighted by molar-refractivity contribution is 5.27. The van der Waals surface area contributed by atoms with Crippen LogP contribution in [0.15, 0.2) is 10.7 Å². The van der Waals surface area contributed by atoms with Gasteiger partial charge in [-0.3, -0.25) is 0 Å². The first-order chi connectivity index (χ1) is 8.63. The van der Waals surface area contributed by atoms with Crippen molar-refractivity contribution in [1.82, 2.24) is 20.1 Å². The van der Waals surface area contributed by atoms with Gasteiger partial charge >= 0.3 is 6.01 Å². The second kappa shape index (κ2) is 5.35. The smallest absolute Gasteiger partial charge is 0.323 e. The Morgan fingerprint density at radius 1 is 1.33 bits per heavy atom. The fraction of sp³-hybridized carbons (Fsp3) is 0.538. The lowest BCUT2D eigenvalue weighted by atomic mass is 10.2. The zero-order valence-electron chi connectivity index (χ0n) is 11.4. The highest BCUT2D eigenvalue weighted by Crippen LogP contribution is 2.16. The maximum absolute atomic E-state index is 5.48. The molecule has 0 aliphatic carbocycles. The van der Waals surface area contributed by atoms with Crippen molar-refractivity contribution in [3.8, 4) is 6.01 Å². The molecule has 1 N–H and O–H groups in total. The van der Waals surface area contributed by atoms with Gasteiger partial charge in [-0.1, -0.05) is 6.92 Å². The third-order valence-corrected chi connectivity index (χ3v) is 3.11. The van der Waals surface area contributed by atoms with Crippen molar-refractivity contribution in [2.75, 3.05) is 6.54 Å². The van der Waals surface area contributed by atoms with E-state index in [2.05, 4.69) is 29.2 Å². The predicted octanol–water partition coefficient (Wildman–Crippen LogP) is 2.29. The molecule has 0 radical (unpaired) electrons. The molecule has 2 aromatic heterocycles. The Morgan fingerprint density at radius 2 is 2.11 bits per heavy atom. The lowest BCUT2D eigenvalue weighted by Gasteiger charge is -1.98. The highest BCUT2D eigenvalue weighted by atomic mass is 16.4. The topological polar surface area (TPSA) is 55.9 Å². The van der Waals surface area contributed by atoms with Gasteiger partial charge in [0, 0.05) is 12.2 Å². The van der Waals surface area contributed by atoms with Crippen molar-refractivity contribution < 1.29 is 4.42 Å². The molecule has 5 heteroatoms. The number of aromatic nitrogens is 3. The van der Waals surface area contributed by atoms with E-state index in [4.69, 9.17) is 4.42 Å². The van der Waals surface area contributed by atoms with Crippen LogP contribution in [0.1, 0.15) is 36.0 Å². The SMILES string of the molecule is CCCNCc1coc(-n2nc(C)c(C)c2C)n1. The van der Waals surface area contributed by atoms with Crippen LogP contribution in [0.25, 0.3) is 6.01 Å². The highest BCUT2D eigenvalue weighted by Gasteiger charge is 2.13. The first kappa shape index (κ1) is 12.8. The van der Waals surface area contributed by atoms with Gasteiger partial charge < -0.3 is 9.73 Å². The largest absolute Gasteiger partial charge is 0.430 e. The summed E-state index contributed by atoms with van der Waals surface area (Å²) in [6, 6.07) is 0.539. The summed E-state index contributed by atoms with van der Waals surface area (Å²) in [6.07, 6.45) is 2.80. The zero-order chi connectivity index (χ0) is 13.1. The van der Waals surface area contributed by atoms with Gasteiger partial charge in [0.1, 0.15) is 6.26 Å². The Labute approximate surface area is 107 Å². The second-order valence-corrected chi connectivity index (χ2v) is 4.51. The van der Waals surface area contributed by atoms with Crippen molar-refractivity contribution in [2.45, 2.75) is 40.7 Å². The Kier molecular flexibility index (Phi) is 3.81. The van der Waals surface area contributed by atoms with Crippen LogP contribution in [0, 0.1) is 20.8 Å². The van der Waals surface area contributed by atoms with E-state index in [1.54, 1.807) is 10.9 Å². The Balaban J connectivity index is 2.16. The first-order valence-electron chi connectivity index (χ1n) is 6.31. The minimum Gasteiger partial charge on any atom is -0.430 e. The summed E-state index contributed by atoms with van der Waals surface area (Å²) >= 11 is 0. The van der Waals surface area contributed by atoms with Crippen LogP contribution in [0.5, 0.6) is 0 Å². The molecule has 18 heavy (non-hydrogen) atoms. The summed E-state index contributed by atoms with van der Waals surface area (Å²) in [7, 11) is 0. The van der Waals surface area contributed by atoms with Crippen molar-refractivity contribution >= 4 is 0 Å². The number of aryl methyl sites for hydroxylation is 1. The molecular formula is C13H20N4O. The summed E-state index contributed by atoms with van der Waals surface area (Å²) in [6.45, 7) is 9.93. The quantitative estimate of drug-likeness (QED) is 0.825. The van der Waals surface area contributed by atoms with Gasteiger partial charge in [-0.05, 0) is 39.3 Å². The van der Waals surface area contributed by atoms with E-state index in [1.165, 1.54) is 5.56 Å². The van der Waals surface area contributed by atoms with Gasteiger partial charge in [0.05, 0.1) is 11.4 Å². The number of hydrogen-bond acceptors (Lipinski definition) is 4. The molecule has 0 amide bonds. The number of hydrogen-bond donors (Lipinski definition) is 1. The molecule has 0 saturated heterocycles. The molecule has 98 valence electrons. The summed E-state index contributed by atoms with van der Waals surface area (Å²) in [4.78, 5) is 4.44. The molecule has 2 aromatic rings. The maximum Gasteiger partial charge on any atom is 0.323 e. The van der Waals surface area contributed by atoms with Crippen LogP contribution in [0.3, 0.4) is 0 Å². The van der Waals surface area contributed by atoms with Crippen LogP contribution < -0.4 is 5.32 Å². The zero-order valence-corrected chi connectivity index (χ0v) is 11.4. The molecule has 0 spiro atoms. The third-order valence-electron chi connectivity index (χ3n) is 3.11. The van der Waals surface area contributed by atoms with Crippen molar-refractivity contribution in [3.05, 3.63) is 28.9 Å². The van der Waals surface area contributed by atoms with E-state index in [9.17, 15) is 0 Å². The molecule has 0 bridgehead atoms. The Bertz CT molecular complexity index is 527. The maximum atomic E-state index is 5.48. The Morgan fingerprint density at radius 3 is 2.72 bits per heavy atom. The molecule has 2 heterocycles. The van der Waals surface area contributed by atoms with Crippen LogP contribution in [0.2, 0.25) is 0 Å². The minimum absolute atomic E-state index is 0.539. The van der Waals surface area contributed by atoms with E-state index >= 15 is 0 Å². The van der Waals surface area contributed by atoms with Gasteiger partial charge in [-0.15, -0.1) is 0 Å². The lowest BCUT2D eigenvalue weighted by molar-refractivity contribution is 0.504. The van der Waals surface area contributed by atoms with E-state index in [0.29, 0.717) is 6.01 Å². The van der Waals surface area contributed by atoms with Gasteiger partial charge in [0.25, 0.3) is 0 Å². The van der Waals surface area contributed by atoms with Crippen molar-refractivity contribution in [1.29, 1.82) is 0 Å². The number of nitrogens with zero attached hydrogens (tertiary/aromatic N) is 3. The van der Waals surface area contributed by atoms with Crippen LogP contribution in [-0.2, 0) is 6.54 Å². The lowest BCUT2D eigenvalue weighted by Crippen LogP contribution is -2.14. The van der Waals surface area contributed by atoms with Crippen LogP contribution in [-0.4, -0.2) is 21.3 Å².